The molecule has 2 rings (SSSR count). The summed E-state index contributed by atoms with van der Waals surface area (Å²) in [7, 11) is 0. The van der Waals surface area contributed by atoms with Crippen molar-refractivity contribution >= 4 is 11.8 Å². The molecule has 4 heteroatoms. The van der Waals surface area contributed by atoms with Gasteiger partial charge in [0.15, 0.2) is 0 Å². The van der Waals surface area contributed by atoms with Crippen LogP contribution in [-0.4, -0.2) is 61.8 Å². The second-order valence-corrected chi connectivity index (χ2v) is 5.87. The first-order chi connectivity index (χ1) is 7.95. The van der Waals surface area contributed by atoms with Crippen molar-refractivity contribution in [3.63, 3.8) is 0 Å². The van der Waals surface area contributed by atoms with Gasteiger partial charge in [0.2, 0.25) is 0 Å². The van der Waals surface area contributed by atoms with Crippen LogP contribution in [-0.2, 0) is 4.74 Å². The number of thioether (sulfide) groups is 1. The molecule has 2 aliphatic rings. The van der Waals surface area contributed by atoms with Crippen molar-refractivity contribution in [2.75, 3.05) is 51.7 Å². The van der Waals surface area contributed by atoms with Gasteiger partial charge in [-0.05, 0) is 25.8 Å². The van der Waals surface area contributed by atoms with E-state index in [-0.39, 0.29) is 0 Å². The summed E-state index contributed by atoms with van der Waals surface area (Å²) in [6, 6.07) is 0. The molecule has 0 spiro atoms. The first kappa shape index (κ1) is 12.7. The number of nitrogens with zero attached hydrogens (tertiary/aromatic N) is 1. The van der Waals surface area contributed by atoms with E-state index in [0.717, 1.165) is 31.6 Å². The highest BCUT2D eigenvalue weighted by molar-refractivity contribution is 8.00. The smallest absolute Gasteiger partial charge is 0.0594 e. The fourth-order valence-electron chi connectivity index (χ4n) is 2.17. The van der Waals surface area contributed by atoms with Crippen LogP contribution in [0.15, 0.2) is 0 Å². The van der Waals surface area contributed by atoms with E-state index < -0.39 is 0 Å². The molecule has 2 heterocycles. The topological polar surface area (TPSA) is 24.5 Å². The Hall–Kier alpha value is 0.230. The Labute approximate surface area is 103 Å². The predicted molar refractivity (Wildman–Crippen MR) is 69.9 cm³/mol. The van der Waals surface area contributed by atoms with Gasteiger partial charge in [-0.15, -0.1) is 0 Å². The molecule has 0 aromatic heterocycles. The predicted octanol–water partition coefficient (Wildman–Crippen LogP) is 1.01. The zero-order chi connectivity index (χ0) is 11.1. The van der Waals surface area contributed by atoms with Crippen molar-refractivity contribution < 1.29 is 4.74 Å². The maximum absolute atomic E-state index is 5.34. The molecule has 2 fully saturated rings. The molecule has 2 saturated heterocycles. The summed E-state index contributed by atoms with van der Waals surface area (Å²) in [6.07, 6.45) is 4.97. The number of nitrogens with one attached hydrogen (secondary N) is 1. The van der Waals surface area contributed by atoms with Gasteiger partial charge in [0.25, 0.3) is 0 Å². The van der Waals surface area contributed by atoms with Crippen molar-refractivity contribution in [3.05, 3.63) is 6.42 Å². The molecule has 0 aromatic carbocycles. The molecule has 0 aromatic rings. The fourth-order valence-corrected chi connectivity index (χ4v) is 3.28. The Bertz CT molecular complexity index is 160. The first-order valence-electron chi connectivity index (χ1n) is 6.39. The second kappa shape index (κ2) is 7.54. The van der Waals surface area contributed by atoms with Gasteiger partial charge in [0.1, 0.15) is 0 Å². The third-order valence-corrected chi connectivity index (χ3v) is 4.46. The Morgan fingerprint density at radius 1 is 1.38 bits per heavy atom. The molecule has 0 amide bonds. The quantitative estimate of drug-likeness (QED) is 0.728. The minimum Gasteiger partial charge on any atom is -0.379 e. The largest absolute Gasteiger partial charge is 0.379 e. The summed E-state index contributed by atoms with van der Waals surface area (Å²) < 4.78 is 5.34. The molecule has 1 N–H and O–H groups in total. The number of morpholine rings is 1. The van der Waals surface area contributed by atoms with Gasteiger partial charge in [-0.25, -0.2) is 0 Å². The fraction of sp³-hybridized carbons (Fsp3) is 0.917. The second-order valence-electron chi connectivity index (χ2n) is 4.46. The van der Waals surface area contributed by atoms with E-state index in [2.05, 4.69) is 28.4 Å². The standard InChI is InChI=1S/C12H23N2OS/c1(3-12-11-13-4-10-16-12)2-5-14-6-8-15-9-7-14/h1,12-13H,2-11H2. The van der Waals surface area contributed by atoms with Gasteiger partial charge < -0.3 is 10.1 Å². The molecular formula is C12H23N2OS. The van der Waals surface area contributed by atoms with Crippen LogP contribution in [0.4, 0.5) is 0 Å². The van der Waals surface area contributed by atoms with E-state index in [1.807, 2.05) is 0 Å². The lowest BCUT2D eigenvalue weighted by Crippen LogP contribution is -2.37. The van der Waals surface area contributed by atoms with Crippen molar-refractivity contribution in [2.45, 2.75) is 18.1 Å². The average Bonchev–Trinajstić information content (AvgIpc) is 2.37. The normalized spacial score (nSPS) is 28.1. The Morgan fingerprint density at radius 2 is 2.25 bits per heavy atom. The lowest BCUT2D eigenvalue weighted by molar-refractivity contribution is 0.0382. The minimum absolute atomic E-state index is 0.818. The van der Waals surface area contributed by atoms with Gasteiger partial charge in [-0.2, -0.15) is 11.8 Å². The van der Waals surface area contributed by atoms with Crippen LogP contribution in [0.5, 0.6) is 0 Å². The number of hydrogen-bond acceptors (Lipinski definition) is 4. The summed E-state index contributed by atoms with van der Waals surface area (Å²) in [5.74, 6) is 1.28. The van der Waals surface area contributed by atoms with Crippen molar-refractivity contribution in [2.24, 2.45) is 0 Å². The van der Waals surface area contributed by atoms with Crippen molar-refractivity contribution in [1.82, 2.24) is 10.2 Å². The molecular weight excluding hydrogens is 220 g/mol. The van der Waals surface area contributed by atoms with E-state index >= 15 is 0 Å². The lowest BCUT2D eigenvalue weighted by atomic mass is 10.1. The maximum Gasteiger partial charge on any atom is 0.0594 e. The van der Waals surface area contributed by atoms with E-state index in [1.54, 1.807) is 0 Å². The number of unbranched alkanes of at least 4 members (excludes halogenated alkanes) is 1. The summed E-state index contributed by atoms with van der Waals surface area (Å²) in [5.41, 5.74) is 0. The average molecular weight is 243 g/mol. The molecule has 1 radical (unpaired) electrons. The van der Waals surface area contributed by atoms with E-state index in [0.29, 0.717) is 0 Å². The van der Waals surface area contributed by atoms with Gasteiger partial charge in [0.05, 0.1) is 13.2 Å². The molecule has 0 bridgehead atoms. The molecule has 93 valence electrons. The summed E-state index contributed by atoms with van der Waals surface area (Å²) in [4.78, 5) is 2.51. The molecule has 1 unspecified atom stereocenters. The summed E-state index contributed by atoms with van der Waals surface area (Å²) in [5, 5.41) is 4.28. The van der Waals surface area contributed by atoms with Crippen LogP contribution in [0, 0.1) is 6.42 Å². The SMILES string of the molecule is [CH](CCN1CCOCC1)CC1CNCCS1. The Morgan fingerprint density at radius 3 is 3.00 bits per heavy atom. The van der Waals surface area contributed by atoms with E-state index in [1.165, 1.54) is 38.2 Å². The van der Waals surface area contributed by atoms with Gasteiger partial charge in [-0.1, -0.05) is 0 Å². The number of rotatable bonds is 5. The van der Waals surface area contributed by atoms with Crippen LogP contribution in [0.3, 0.4) is 0 Å². The van der Waals surface area contributed by atoms with Crippen molar-refractivity contribution in [3.8, 4) is 0 Å². The van der Waals surface area contributed by atoms with Gasteiger partial charge in [-0.3, -0.25) is 4.90 Å². The molecule has 2 aliphatic heterocycles. The van der Waals surface area contributed by atoms with Crippen molar-refractivity contribution in [1.29, 1.82) is 0 Å². The monoisotopic (exact) mass is 243 g/mol. The third kappa shape index (κ3) is 4.62. The summed E-state index contributed by atoms with van der Waals surface area (Å²) >= 11 is 2.12. The first-order valence-corrected chi connectivity index (χ1v) is 7.44. The van der Waals surface area contributed by atoms with Gasteiger partial charge in [0, 0.05) is 37.2 Å². The lowest BCUT2D eigenvalue weighted by Gasteiger charge is -2.27. The molecule has 0 aliphatic carbocycles. The molecule has 1 atom stereocenters. The Kier molecular flexibility index (Phi) is 5.97. The maximum atomic E-state index is 5.34. The number of ether oxygens (including phenoxy) is 1. The molecule has 3 nitrogen and oxygen atoms in total. The van der Waals surface area contributed by atoms with Crippen LogP contribution in [0.1, 0.15) is 12.8 Å². The highest BCUT2D eigenvalue weighted by atomic mass is 32.2. The highest BCUT2D eigenvalue weighted by Gasteiger charge is 2.13. The van der Waals surface area contributed by atoms with Crippen LogP contribution >= 0.6 is 11.8 Å². The minimum atomic E-state index is 0.818. The highest BCUT2D eigenvalue weighted by Crippen LogP contribution is 2.18. The zero-order valence-corrected chi connectivity index (χ0v) is 10.8. The van der Waals surface area contributed by atoms with E-state index in [4.69, 9.17) is 4.74 Å². The van der Waals surface area contributed by atoms with Crippen LogP contribution in [0.25, 0.3) is 0 Å². The van der Waals surface area contributed by atoms with Crippen LogP contribution in [0.2, 0.25) is 0 Å². The molecule has 16 heavy (non-hydrogen) atoms. The van der Waals surface area contributed by atoms with Crippen LogP contribution < -0.4 is 5.32 Å². The van der Waals surface area contributed by atoms with E-state index in [9.17, 15) is 0 Å². The van der Waals surface area contributed by atoms with Gasteiger partial charge >= 0.3 is 0 Å². The molecule has 0 saturated carbocycles. The third-order valence-electron chi connectivity index (χ3n) is 3.19. The number of hydrogen-bond donors (Lipinski definition) is 1. The summed E-state index contributed by atoms with van der Waals surface area (Å²) in [6.45, 7) is 7.67. The Balaban J connectivity index is 1.47. The zero-order valence-electron chi connectivity index (χ0n) is 9.99.